The molecule has 0 bridgehead atoms. The average Bonchev–Trinajstić information content (AvgIpc) is 2.56. The van der Waals surface area contributed by atoms with Crippen molar-refractivity contribution in [2.75, 3.05) is 7.11 Å². The Morgan fingerprint density at radius 2 is 1.92 bits per heavy atom. The molecule has 0 N–H and O–H groups in total. The van der Waals surface area contributed by atoms with Crippen LogP contribution in [-0.2, 0) is 14.3 Å². The van der Waals surface area contributed by atoms with Crippen LogP contribution in [0.25, 0.3) is 0 Å². The largest absolute Gasteiger partial charge is 0.493 e. The molecule has 130 valence electrons. The van der Waals surface area contributed by atoms with Crippen LogP contribution in [0.5, 0.6) is 11.5 Å². The SMILES string of the molecule is CC#CC(CC)OC(=O)CCCC(=O)Oc1ccc(F)cc1OC. The summed E-state index contributed by atoms with van der Waals surface area (Å²) in [5, 5.41) is 0. The molecule has 1 rings (SSSR count). The lowest BCUT2D eigenvalue weighted by Crippen LogP contribution is -2.16. The zero-order chi connectivity index (χ0) is 17.9. The molecule has 0 aliphatic heterocycles. The quantitative estimate of drug-likeness (QED) is 0.414. The molecule has 0 saturated carbocycles. The summed E-state index contributed by atoms with van der Waals surface area (Å²) in [6, 6.07) is 3.61. The third kappa shape index (κ3) is 6.69. The van der Waals surface area contributed by atoms with Crippen LogP contribution in [0.15, 0.2) is 18.2 Å². The van der Waals surface area contributed by atoms with E-state index in [0.29, 0.717) is 6.42 Å². The molecule has 24 heavy (non-hydrogen) atoms. The van der Waals surface area contributed by atoms with Crippen LogP contribution in [0, 0.1) is 17.7 Å². The highest BCUT2D eigenvalue weighted by Crippen LogP contribution is 2.27. The first kappa shape index (κ1) is 19.5. The molecule has 1 atom stereocenters. The molecular weight excluding hydrogens is 315 g/mol. The van der Waals surface area contributed by atoms with Gasteiger partial charge in [-0.3, -0.25) is 9.59 Å². The first-order chi connectivity index (χ1) is 11.5. The molecule has 0 radical (unpaired) electrons. The predicted molar refractivity (Wildman–Crippen MR) is 86.1 cm³/mol. The van der Waals surface area contributed by atoms with Crippen LogP contribution in [0.1, 0.15) is 39.5 Å². The highest BCUT2D eigenvalue weighted by molar-refractivity contribution is 5.75. The second-order valence-corrected chi connectivity index (χ2v) is 4.90. The maximum absolute atomic E-state index is 13.1. The monoisotopic (exact) mass is 336 g/mol. The van der Waals surface area contributed by atoms with Crippen LogP contribution >= 0.6 is 0 Å². The lowest BCUT2D eigenvalue weighted by molar-refractivity contribution is -0.146. The average molecular weight is 336 g/mol. The van der Waals surface area contributed by atoms with E-state index in [2.05, 4.69) is 11.8 Å². The van der Waals surface area contributed by atoms with Crippen molar-refractivity contribution in [2.24, 2.45) is 0 Å². The number of ether oxygens (including phenoxy) is 3. The number of esters is 2. The first-order valence-corrected chi connectivity index (χ1v) is 7.66. The van der Waals surface area contributed by atoms with E-state index in [1.165, 1.54) is 19.2 Å². The Balaban J connectivity index is 2.41. The molecule has 0 heterocycles. The number of benzene rings is 1. The zero-order valence-corrected chi connectivity index (χ0v) is 14.1. The van der Waals surface area contributed by atoms with Crippen LogP contribution in [0.3, 0.4) is 0 Å². The molecule has 1 unspecified atom stereocenters. The van der Waals surface area contributed by atoms with Gasteiger partial charge in [0.15, 0.2) is 17.6 Å². The van der Waals surface area contributed by atoms with E-state index in [0.717, 1.165) is 6.07 Å². The molecule has 0 spiro atoms. The summed E-state index contributed by atoms with van der Waals surface area (Å²) in [4.78, 5) is 23.4. The number of rotatable bonds is 8. The minimum Gasteiger partial charge on any atom is -0.493 e. The Labute approximate surface area is 141 Å². The van der Waals surface area contributed by atoms with E-state index in [4.69, 9.17) is 14.2 Å². The Bertz CT molecular complexity index is 630. The standard InChI is InChI=1S/C18H21FO5/c1-4-7-14(5-2)23-17(20)8-6-9-18(21)24-15-11-10-13(19)12-16(15)22-3/h10-12,14H,5-6,8-9H2,1-3H3. The molecule has 0 aromatic heterocycles. The molecule has 0 amide bonds. The van der Waals surface area contributed by atoms with Gasteiger partial charge in [0.2, 0.25) is 0 Å². The zero-order valence-electron chi connectivity index (χ0n) is 14.1. The van der Waals surface area contributed by atoms with Crippen molar-refractivity contribution < 1.29 is 28.2 Å². The van der Waals surface area contributed by atoms with E-state index < -0.39 is 23.9 Å². The van der Waals surface area contributed by atoms with Gasteiger partial charge >= 0.3 is 11.9 Å². The normalized spacial score (nSPS) is 11.0. The summed E-state index contributed by atoms with van der Waals surface area (Å²) in [6.45, 7) is 3.55. The summed E-state index contributed by atoms with van der Waals surface area (Å²) in [7, 11) is 1.35. The molecule has 1 aromatic rings. The summed E-state index contributed by atoms with van der Waals surface area (Å²) < 4.78 is 28.3. The number of carbonyl (C=O) groups is 2. The van der Waals surface area contributed by atoms with Gasteiger partial charge in [-0.25, -0.2) is 4.39 Å². The third-order valence-corrected chi connectivity index (χ3v) is 3.06. The number of halogens is 1. The van der Waals surface area contributed by atoms with E-state index in [9.17, 15) is 14.0 Å². The highest BCUT2D eigenvalue weighted by atomic mass is 19.1. The molecule has 0 fully saturated rings. The van der Waals surface area contributed by atoms with Gasteiger partial charge < -0.3 is 14.2 Å². The fourth-order valence-corrected chi connectivity index (χ4v) is 1.87. The van der Waals surface area contributed by atoms with E-state index in [-0.39, 0.29) is 30.8 Å². The number of hydrogen-bond donors (Lipinski definition) is 0. The lowest BCUT2D eigenvalue weighted by Gasteiger charge is -2.10. The number of carbonyl (C=O) groups excluding carboxylic acids is 2. The fourth-order valence-electron chi connectivity index (χ4n) is 1.87. The van der Waals surface area contributed by atoms with Crippen molar-refractivity contribution in [3.8, 4) is 23.3 Å². The first-order valence-electron chi connectivity index (χ1n) is 7.66. The Kier molecular flexibility index (Phi) is 8.34. The van der Waals surface area contributed by atoms with Gasteiger partial charge in [0.25, 0.3) is 0 Å². The highest BCUT2D eigenvalue weighted by Gasteiger charge is 2.13. The van der Waals surface area contributed by atoms with E-state index in [1.54, 1.807) is 6.92 Å². The van der Waals surface area contributed by atoms with Crippen LogP contribution in [0.4, 0.5) is 4.39 Å². The van der Waals surface area contributed by atoms with Crippen molar-refractivity contribution in [2.45, 2.75) is 45.6 Å². The van der Waals surface area contributed by atoms with Crippen molar-refractivity contribution >= 4 is 11.9 Å². The second-order valence-electron chi connectivity index (χ2n) is 4.90. The second kappa shape index (κ2) is 10.3. The van der Waals surface area contributed by atoms with Gasteiger partial charge in [0.05, 0.1) is 7.11 Å². The van der Waals surface area contributed by atoms with Crippen LogP contribution < -0.4 is 9.47 Å². The molecular formula is C18H21FO5. The lowest BCUT2D eigenvalue weighted by atomic mass is 10.2. The number of hydrogen-bond acceptors (Lipinski definition) is 5. The summed E-state index contributed by atoms with van der Waals surface area (Å²) >= 11 is 0. The maximum Gasteiger partial charge on any atom is 0.311 e. The molecule has 0 saturated heterocycles. The minimum absolute atomic E-state index is 0.0336. The topological polar surface area (TPSA) is 61.8 Å². The van der Waals surface area contributed by atoms with Gasteiger partial charge in [-0.05, 0) is 31.9 Å². The molecule has 1 aromatic carbocycles. The van der Waals surface area contributed by atoms with Crippen molar-refractivity contribution in [3.63, 3.8) is 0 Å². The smallest absolute Gasteiger partial charge is 0.311 e. The third-order valence-electron chi connectivity index (χ3n) is 3.06. The van der Waals surface area contributed by atoms with E-state index in [1.807, 2.05) is 6.92 Å². The number of methoxy groups -OCH3 is 1. The van der Waals surface area contributed by atoms with Crippen LogP contribution in [0.2, 0.25) is 0 Å². The molecule has 6 heteroatoms. The maximum atomic E-state index is 13.1. The van der Waals surface area contributed by atoms with Gasteiger partial charge in [0.1, 0.15) is 5.82 Å². The summed E-state index contributed by atoms with van der Waals surface area (Å²) in [6.07, 6.45) is 0.609. The molecule has 5 nitrogen and oxygen atoms in total. The fraction of sp³-hybridized carbons (Fsp3) is 0.444. The van der Waals surface area contributed by atoms with Gasteiger partial charge in [-0.15, -0.1) is 5.92 Å². The Morgan fingerprint density at radius 1 is 1.21 bits per heavy atom. The van der Waals surface area contributed by atoms with Crippen molar-refractivity contribution in [1.29, 1.82) is 0 Å². The summed E-state index contributed by atoms with van der Waals surface area (Å²) in [5.41, 5.74) is 0. The van der Waals surface area contributed by atoms with Crippen LogP contribution in [-0.4, -0.2) is 25.2 Å². The van der Waals surface area contributed by atoms with Gasteiger partial charge in [-0.1, -0.05) is 12.8 Å². The van der Waals surface area contributed by atoms with Gasteiger partial charge in [-0.2, -0.15) is 0 Å². The molecule has 0 aliphatic rings. The van der Waals surface area contributed by atoms with E-state index >= 15 is 0 Å². The molecule has 0 aliphatic carbocycles. The van der Waals surface area contributed by atoms with Crippen molar-refractivity contribution in [3.05, 3.63) is 24.0 Å². The van der Waals surface area contributed by atoms with Crippen molar-refractivity contribution in [1.82, 2.24) is 0 Å². The Morgan fingerprint density at radius 3 is 2.54 bits per heavy atom. The minimum atomic E-state index is -0.534. The predicted octanol–water partition coefficient (Wildman–Crippen LogP) is 3.26. The summed E-state index contributed by atoms with van der Waals surface area (Å²) in [5.74, 6) is 4.32. The van der Waals surface area contributed by atoms with Gasteiger partial charge in [0, 0.05) is 18.9 Å². The Hall–Kier alpha value is -2.55.